The summed E-state index contributed by atoms with van der Waals surface area (Å²) in [5.74, 6) is -0.367. The molecule has 2 amide bonds. The molecule has 22 heavy (non-hydrogen) atoms. The summed E-state index contributed by atoms with van der Waals surface area (Å²) in [6.07, 6.45) is 1.92. The Labute approximate surface area is 130 Å². The lowest BCUT2D eigenvalue weighted by Crippen LogP contribution is -2.38. The van der Waals surface area contributed by atoms with Gasteiger partial charge in [-0.05, 0) is 44.9 Å². The van der Waals surface area contributed by atoms with Crippen molar-refractivity contribution in [2.45, 2.75) is 38.8 Å². The minimum absolute atomic E-state index is 0.0730. The predicted octanol–water partition coefficient (Wildman–Crippen LogP) is 2.66. The second kappa shape index (κ2) is 6.96. The van der Waals surface area contributed by atoms with Crippen molar-refractivity contribution in [3.63, 3.8) is 0 Å². The van der Waals surface area contributed by atoms with E-state index in [0.29, 0.717) is 17.9 Å². The molecule has 2 N–H and O–H groups in total. The molecule has 0 spiro atoms. The number of benzene rings is 1. The van der Waals surface area contributed by atoms with Crippen molar-refractivity contribution in [1.82, 2.24) is 4.90 Å². The Bertz CT molecular complexity index is 532. The number of halogens is 1. The molecule has 122 valence electrons. The highest BCUT2D eigenvalue weighted by Crippen LogP contribution is 2.28. The van der Waals surface area contributed by atoms with Crippen LogP contribution in [0.25, 0.3) is 0 Å². The van der Waals surface area contributed by atoms with Crippen LogP contribution >= 0.6 is 0 Å². The third kappa shape index (κ3) is 3.88. The number of amides is 2. The maximum atomic E-state index is 14.2. The first-order valence-corrected chi connectivity index (χ1v) is 7.65. The zero-order chi connectivity index (χ0) is 16.3. The Morgan fingerprint density at radius 2 is 2.14 bits per heavy atom. The van der Waals surface area contributed by atoms with Crippen LogP contribution in [-0.4, -0.2) is 48.3 Å². The lowest BCUT2D eigenvalue weighted by Gasteiger charge is -2.25. The van der Waals surface area contributed by atoms with Gasteiger partial charge in [-0.25, -0.2) is 9.18 Å². The van der Waals surface area contributed by atoms with Crippen molar-refractivity contribution in [2.24, 2.45) is 0 Å². The van der Waals surface area contributed by atoms with Crippen molar-refractivity contribution in [1.29, 1.82) is 0 Å². The molecule has 0 radical (unpaired) electrons. The molecule has 1 fully saturated rings. The van der Waals surface area contributed by atoms with Crippen molar-refractivity contribution >= 4 is 17.4 Å². The number of aliphatic hydroxyl groups excluding tert-OH is 1. The van der Waals surface area contributed by atoms with Crippen molar-refractivity contribution in [2.75, 3.05) is 30.4 Å². The van der Waals surface area contributed by atoms with Gasteiger partial charge in [0.15, 0.2) is 0 Å². The molecule has 2 rings (SSSR count). The van der Waals surface area contributed by atoms with Crippen LogP contribution in [0.15, 0.2) is 18.2 Å². The molecule has 0 unspecified atom stereocenters. The highest BCUT2D eigenvalue weighted by Gasteiger charge is 2.32. The second-order valence-corrected chi connectivity index (χ2v) is 5.95. The average Bonchev–Trinajstić information content (AvgIpc) is 3.28. The summed E-state index contributed by atoms with van der Waals surface area (Å²) in [6, 6.07) is 4.78. The number of hydrogen-bond donors (Lipinski definition) is 2. The van der Waals surface area contributed by atoms with Crippen LogP contribution in [0.5, 0.6) is 0 Å². The minimum atomic E-state index is -0.367. The third-order valence-electron chi connectivity index (χ3n) is 3.94. The molecular weight excluding hydrogens is 285 g/mol. The molecule has 1 aromatic carbocycles. The van der Waals surface area contributed by atoms with E-state index in [1.807, 2.05) is 25.8 Å². The average molecular weight is 309 g/mol. The Morgan fingerprint density at radius 3 is 2.64 bits per heavy atom. The Morgan fingerprint density at radius 1 is 1.45 bits per heavy atom. The molecule has 0 aromatic heterocycles. The number of nitrogens with one attached hydrogen (secondary N) is 1. The molecule has 1 aliphatic carbocycles. The van der Waals surface area contributed by atoms with Crippen molar-refractivity contribution < 1.29 is 14.3 Å². The van der Waals surface area contributed by atoms with Crippen LogP contribution in [0.4, 0.5) is 20.6 Å². The van der Waals surface area contributed by atoms with Crippen LogP contribution in [-0.2, 0) is 0 Å². The summed E-state index contributed by atoms with van der Waals surface area (Å²) in [5, 5.41) is 11.7. The summed E-state index contributed by atoms with van der Waals surface area (Å²) in [4.78, 5) is 15.6. The maximum Gasteiger partial charge on any atom is 0.322 e. The van der Waals surface area contributed by atoms with E-state index < -0.39 is 0 Å². The van der Waals surface area contributed by atoms with Crippen LogP contribution < -0.4 is 10.2 Å². The van der Waals surface area contributed by atoms with Gasteiger partial charge in [0.25, 0.3) is 0 Å². The van der Waals surface area contributed by atoms with Gasteiger partial charge in [-0.2, -0.15) is 0 Å². The first kappa shape index (κ1) is 16.5. The molecule has 1 aliphatic rings. The lowest BCUT2D eigenvalue weighted by atomic mass is 10.2. The van der Waals surface area contributed by atoms with E-state index in [9.17, 15) is 9.18 Å². The highest BCUT2D eigenvalue weighted by atomic mass is 19.1. The third-order valence-corrected chi connectivity index (χ3v) is 3.94. The molecule has 1 saturated carbocycles. The zero-order valence-electron chi connectivity index (χ0n) is 13.3. The fraction of sp³-hybridized carbons (Fsp3) is 0.562. The monoisotopic (exact) mass is 309 g/mol. The van der Waals surface area contributed by atoms with Gasteiger partial charge in [0.2, 0.25) is 0 Å². The lowest BCUT2D eigenvalue weighted by molar-refractivity contribution is 0.185. The standard InChI is InChI=1S/C16H24FN3O2/c1-11(2)19(3)15-7-4-12(10-14(15)17)18-16(22)20(8-9-21)13-5-6-13/h4,7,10-11,13,21H,5-6,8-9H2,1-3H3,(H,18,22). The quantitative estimate of drug-likeness (QED) is 0.849. The zero-order valence-corrected chi connectivity index (χ0v) is 13.3. The number of urea groups is 1. The van der Waals surface area contributed by atoms with Gasteiger partial charge < -0.3 is 20.2 Å². The van der Waals surface area contributed by atoms with Gasteiger partial charge >= 0.3 is 6.03 Å². The van der Waals surface area contributed by atoms with Gasteiger partial charge in [-0.1, -0.05) is 0 Å². The normalized spacial score (nSPS) is 14.1. The van der Waals surface area contributed by atoms with Gasteiger partial charge in [-0.3, -0.25) is 0 Å². The van der Waals surface area contributed by atoms with E-state index in [4.69, 9.17) is 5.11 Å². The van der Waals surface area contributed by atoms with Crippen molar-refractivity contribution in [3.05, 3.63) is 24.0 Å². The largest absolute Gasteiger partial charge is 0.395 e. The molecule has 0 atom stereocenters. The minimum Gasteiger partial charge on any atom is -0.395 e. The summed E-state index contributed by atoms with van der Waals surface area (Å²) < 4.78 is 14.2. The second-order valence-electron chi connectivity index (χ2n) is 5.95. The van der Waals surface area contributed by atoms with Gasteiger partial charge in [0.05, 0.1) is 12.3 Å². The summed E-state index contributed by atoms with van der Waals surface area (Å²) in [7, 11) is 1.83. The van der Waals surface area contributed by atoms with Gasteiger partial charge in [-0.15, -0.1) is 0 Å². The molecule has 0 aliphatic heterocycles. The van der Waals surface area contributed by atoms with Crippen molar-refractivity contribution in [3.8, 4) is 0 Å². The van der Waals surface area contributed by atoms with Crippen LogP contribution in [0.1, 0.15) is 26.7 Å². The van der Waals surface area contributed by atoms with Crippen LogP contribution in [0.3, 0.4) is 0 Å². The molecule has 6 heteroatoms. The topological polar surface area (TPSA) is 55.8 Å². The van der Waals surface area contributed by atoms with Gasteiger partial charge in [0, 0.05) is 31.4 Å². The summed E-state index contributed by atoms with van der Waals surface area (Å²) in [6.45, 7) is 4.19. The Kier molecular flexibility index (Phi) is 5.24. The Balaban J connectivity index is 2.06. The molecule has 1 aromatic rings. The number of hydrogen-bond acceptors (Lipinski definition) is 3. The molecular formula is C16H24FN3O2. The number of carbonyl (C=O) groups is 1. The molecule has 0 saturated heterocycles. The van der Waals surface area contributed by atoms with Crippen LogP contribution in [0, 0.1) is 5.82 Å². The van der Waals surface area contributed by atoms with Gasteiger partial charge in [0.1, 0.15) is 5.82 Å². The fourth-order valence-electron chi connectivity index (χ4n) is 2.29. The summed E-state index contributed by atoms with van der Waals surface area (Å²) in [5.41, 5.74) is 0.925. The fourth-order valence-corrected chi connectivity index (χ4v) is 2.29. The number of carbonyl (C=O) groups excluding carboxylic acids is 1. The summed E-state index contributed by atoms with van der Waals surface area (Å²) >= 11 is 0. The van der Waals surface area contributed by atoms with E-state index in [-0.39, 0.29) is 30.5 Å². The van der Waals surface area contributed by atoms with E-state index in [1.54, 1.807) is 17.0 Å². The Hall–Kier alpha value is -1.82. The number of rotatable bonds is 6. The SMILES string of the molecule is CC(C)N(C)c1ccc(NC(=O)N(CCO)C2CC2)cc1F. The number of anilines is 2. The van der Waals surface area contributed by atoms with E-state index in [1.165, 1.54) is 6.07 Å². The highest BCUT2D eigenvalue weighted by molar-refractivity contribution is 5.90. The number of nitrogens with zero attached hydrogens (tertiary/aromatic N) is 2. The molecule has 5 nitrogen and oxygen atoms in total. The first-order chi connectivity index (χ1) is 10.4. The smallest absolute Gasteiger partial charge is 0.322 e. The molecule has 0 bridgehead atoms. The first-order valence-electron chi connectivity index (χ1n) is 7.65. The van der Waals surface area contributed by atoms with E-state index >= 15 is 0 Å². The number of aliphatic hydroxyl groups is 1. The molecule has 0 heterocycles. The predicted molar refractivity (Wildman–Crippen MR) is 85.8 cm³/mol. The maximum absolute atomic E-state index is 14.2. The van der Waals surface area contributed by atoms with E-state index in [0.717, 1.165) is 12.8 Å². The van der Waals surface area contributed by atoms with E-state index in [2.05, 4.69) is 5.32 Å². The van der Waals surface area contributed by atoms with Crippen LogP contribution in [0.2, 0.25) is 0 Å².